The number of ether oxygens (including phenoxy) is 2. The van der Waals surface area contributed by atoms with Gasteiger partial charge < -0.3 is 14.8 Å². The van der Waals surface area contributed by atoms with E-state index in [1.165, 1.54) is 18.2 Å². The number of anilines is 2. The van der Waals surface area contributed by atoms with Gasteiger partial charge in [0.25, 0.3) is 11.8 Å². The zero-order valence-electron chi connectivity index (χ0n) is 18.9. The largest absolute Gasteiger partial charge is 0.462 e. The van der Waals surface area contributed by atoms with Crippen molar-refractivity contribution in [3.05, 3.63) is 70.4 Å². The van der Waals surface area contributed by atoms with Crippen LogP contribution in [-0.4, -0.2) is 37.0 Å². The molecule has 34 heavy (non-hydrogen) atoms. The molecule has 0 spiro atoms. The molecule has 0 aliphatic carbocycles. The molecular formula is C25H25ClN2O6. The van der Waals surface area contributed by atoms with Crippen molar-refractivity contribution < 1.29 is 28.7 Å². The average molecular weight is 485 g/mol. The lowest BCUT2D eigenvalue weighted by atomic mass is 10.2. The van der Waals surface area contributed by atoms with E-state index in [1.54, 1.807) is 30.3 Å². The van der Waals surface area contributed by atoms with E-state index in [2.05, 4.69) is 5.32 Å². The van der Waals surface area contributed by atoms with Crippen molar-refractivity contribution >= 4 is 46.7 Å². The molecule has 1 aliphatic heterocycles. The van der Waals surface area contributed by atoms with Crippen LogP contribution in [0.1, 0.15) is 53.8 Å². The average Bonchev–Trinajstić information content (AvgIpc) is 3.05. The second kappa shape index (κ2) is 11.5. The number of halogens is 1. The zero-order valence-corrected chi connectivity index (χ0v) is 19.7. The van der Waals surface area contributed by atoms with Gasteiger partial charge in [0.05, 0.1) is 30.0 Å². The Morgan fingerprint density at radius 3 is 2.21 bits per heavy atom. The fourth-order valence-electron chi connectivity index (χ4n) is 3.16. The summed E-state index contributed by atoms with van der Waals surface area (Å²) in [6, 6.07) is 12.3. The van der Waals surface area contributed by atoms with Crippen LogP contribution in [0, 0.1) is 0 Å². The summed E-state index contributed by atoms with van der Waals surface area (Å²) in [5, 5.41) is 2.52. The fraction of sp³-hybridized carbons (Fsp3) is 0.280. The lowest BCUT2D eigenvalue weighted by Crippen LogP contribution is -2.32. The molecular weight excluding hydrogens is 460 g/mol. The molecule has 0 radical (unpaired) electrons. The number of hydrogen-bond acceptors (Lipinski definition) is 7. The van der Waals surface area contributed by atoms with Crippen molar-refractivity contribution in [1.82, 2.24) is 0 Å². The first kappa shape index (κ1) is 25.0. The molecule has 2 aromatic carbocycles. The lowest BCUT2D eigenvalue weighted by Gasteiger charge is -2.16. The number of nitrogens with zero attached hydrogens (tertiary/aromatic N) is 1. The standard InChI is InChI=1S/C25H25ClN2O6/c1-3-5-13-34-25(32)17-9-7-11-19(15-17)28-22(29)20(26)21(23(28)30)27-18-10-6-8-16(14-18)24(31)33-12-4-2/h6-11,14-15,27H,3-5,12-13H2,1-2H3. The fourth-order valence-corrected chi connectivity index (χ4v) is 3.37. The van der Waals surface area contributed by atoms with Gasteiger partial charge in [-0.3, -0.25) is 9.59 Å². The Morgan fingerprint density at radius 1 is 0.882 bits per heavy atom. The number of carbonyl (C=O) groups is 4. The molecule has 0 bridgehead atoms. The minimum atomic E-state index is -0.732. The highest BCUT2D eigenvalue weighted by molar-refractivity contribution is 6.53. The summed E-state index contributed by atoms with van der Waals surface area (Å²) in [6.07, 6.45) is 2.31. The highest BCUT2D eigenvalue weighted by Crippen LogP contribution is 2.31. The summed E-state index contributed by atoms with van der Waals surface area (Å²) >= 11 is 6.20. The molecule has 0 unspecified atom stereocenters. The van der Waals surface area contributed by atoms with Gasteiger partial charge in [-0.05, 0) is 49.2 Å². The molecule has 0 fully saturated rings. The van der Waals surface area contributed by atoms with Crippen molar-refractivity contribution in [2.75, 3.05) is 23.4 Å². The topological polar surface area (TPSA) is 102 Å². The first-order chi connectivity index (χ1) is 16.4. The van der Waals surface area contributed by atoms with E-state index < -0.39 is 23.8 Å². The minimum absolute atomic E-state index is 0.137. The third-order valence-electron chi connectivity index (χ3n) is 4.90. The Morgan fingerprint density at radius 2 is 1.53 bits per heavy atom. The maximum atomic E-state index is 13.1. The molecule has 1 aliphatic rings. The van der Waals surface area contributed by atoms with Crippen molar-refractivity contribution in [3.8, 4) is 0 Å². The molecule has 178 valence electrons. The van der Waals surface area contributed by atoms with E-state index in [1.807, 2.05) is 13.8 Å². The van der Waals surface area contributed by atoms with Crippen LogP contribution in [0.5, 0.6) is 0 Å². The second-order valence-corrected chi connectivity index (χ2v) is 7.89. The van der Waals surface area contributed by atoms with Gasteiger partial charge in [-0.15, -0.1) is 0 Å². The molecule has 0 saturated heterocycles. The van der Waals surface area contributed by atoms with E-state index in [-0.39, 0.29) is 34.2 Å². The van der Waals surface area contributed by atoms with Crippen LogP contribution in [0.4, 0.5) is 11.4 Å². The molecule has 8 nitrogen and oxygen atoms in total. The van der Waals surface area contributed by atoms with Crippen LogP contribution in [-0.2, 0) is 19.1 Å². The van der Waals surface area contributed by atoms with Gasteiger partial charge in [0.15, 0.2) is 0 Å². The summed E-state index contributed by atoms with van der Waals surface area (Å²) in [5.74, 6) is -2.46. The Balaban J connectivity index is 1.78. The Bertz CT molecular complexity index is 1140. The van der Waals surface area contributed by atoms with Gasteiger partial charge in [0.2, 0.25) is 0 Å². The van der Waals surface area contributed by atoms with Crippen molar-refractivity contribution in [2.24, 2.45) is 0 Å². The maximum absolute atomic E-state index is 13.1. The number of unbranched alkanes of at least 4 members (excludes halogenated alkanes) is 1. The number of rotatable bonds is 10. The van der Waals surface area contributed by atoms with E-state index >= 15 is 0 Å². The highest BCUT2D eigenvalue weighted by atomic mass is 35.5. The molecule has 2 aromatic rings. The summed E-state index contributed by atoms with van der Waals surface area (Å²) < 4.78 is 10.3. The summed E-state index contributed by atoms with van der Waals surface area (Å²) in [7, 11) is 0. The first-order valence-electron chi connectivity index (χ1n) is 11.0. The van der Waals surface area contributed by atoms with Crippen LogP contribution < -0.4 is 10.2 Å². The second-order valence-electron chi connectivity index (χ2n) is 7.52. The number of imide groups is 1. The molecule has 3 rings (SSSR count). The van der Waals surface area contributed by atoms with Crippen LogP contribution in [0.2, 0.25) is 0 Å². The van der Waals surface area contributed by atoms with E-state index in [0.717, 1.165) is 17.7 Å². The van der Waals surface area contributed by atoms with E-state index in [0.29, 0.717) is 18.7 Å². The van der Waals surface area contributed by atoms with Crippen molar-refractivity contribution in [1.29, 1.82) is 0 Å². The van der Waals surface area contributed by atoms with Gasteiger partial charge in [0, 0.05) is 5.69 Å². The molecule has 9 heteroatoms. The van der Waals surface area contributed by atoms with Crippen molar-refractivity contribution in [3.63, 3.8) is 0 Å². The number of esters is 2. The lowest BCUT2D eigenvalue weighted by molar-refractivity contribution is -0.120. The number of hydrogen-bond donors (Lipinski definition) is 1. The maximum Gasteiger partial charge on any atom is 0.338 e. The van der Waals surface area contributed by atoms with Gasteiger partial charge >= 0.3 is 11.9 Å². The number of nitrogens with one attached hydrogen (secondary N) is 1. The predicted octanol–water partition coefficient (Wildman–Crippen LogP) is 4.65. The number of amides is 2. The van der Waals surface area contributed by atoms with Gasteiger partial charge in [-0.25, -0.2) is 14.5 Å². The van der Waals surface area contributed by atoms with E-state index in [4.69, 9.17) is 21.1 Å². The van der Waals surface area contributed by atoms with E-state index in [9.17, 15) is 19.2 Å². The molecule has 0 saturated carbocycles. The summed E-state index contributed by atoms with van der Waals surface area (Å²) in [6.45, 7) is 4.45. The third kappa shape index (κ3) is 5.63. The predicted molar refractivity (Wildman–Crippen MR) is 128 cm³/mol. The Kier molecular flexibility index (Phi) is 8.43. The SMILES string of the molecule is CCCCOC(=O)c1cccc(N2C(=O)C(Cl)=C(Nc3cccc(C(=O)OCCC)c3)C2=O)c1. The number of benzene rings is 2. The summed E-state index contributed by atoms with van der Waals surface area (Å²) in [4.78, 5) is 51.1. The molecule has 0 atom stereocenters. The van der Waals surface area contributed by atoms with Gasteiger partial charge in [-0.1, -0.05) is 44.0 Å². The monoisotopic (exact) mass is 484 g/mol. The quantitative estimate of drug-likeness (QED) is 0.297. The van der Waals surface area contributed by atoms with Gasteiger partial charge in [0.1, 0.15) is 10.7 Å². The first-order valence-corrected chi connectivity index (χ1v) is 11.3. The number of carbonyl (C=O) groups excluding carboxylic acids is 4. The smallest absolute Gasteiger partial charge is 0.338 e. The molecule has 1 heterocycles. The minimum Gasteiger partial charge on any atom is -0.462 e. The van der Waals surface area contributed by atoms with Crippen LogP contribution in [0.25, 0.3) is 0 Å². The Hall–Kier alpha value is -3.65. The van der Waals surface area contributed by atoms with Crippen LogP contribution in [0.3, 0.4) is 0 Å². The third-order valence-corrected chi connectivity index (χ3v) is 5.25. The van der Waals surface area contributed by atoms with Crippen LogP contribution >= 0.6 is 11.6 Å². The van der Waals surface area contributed by atoms with Crippen molar-refractivity contribution in [2.45, 2.75) is 33.1 Å². The van der Waals surface area contributed by atoms with Crippen LogP contribution in [0.15, 0.2) is 59.3 Å². The molecule has 2 amide bonds. The molecule has 1 N–H and O–H groups in total. The Labute approximate surface area is 202 Å². The summed E-state index contributed by atoms with van der Waals surface area (Å²) in [5.41, 5.74) is 0.937. The normalized spacial score (nSPS) is 13.3. The zero-order chi connectivity index (χ0) is 24.7. The van der Waals surface area contributed by atoms with Gasteiger partial charge in [-0.2, -0.15) is 0 Å². The molecule has 0 aromatic heterocycles. The highest BCUT2D eigenvalue weighted by Gasteiger charge is 2.39.